The van der Waals surface area contributed by atoms with E-state index in [0.29, 0.717) is 22.2 Å². The van der Waals surface area contributed by atoms with Gasteiger partial charge in [0.2, 0.25) is 0 Å². The highest BCUT2D eigenvalue weighted by atomic mass is 35.5. The summed E-state index contributed by atoms with van der Waals surface area (Å²) in [5, 5.41) is 12.6. The summed E-state index contributed by atoms with van der Waals surface area (Å²) in [6.07, 6.45) is 0. The van der Waals surface area contributed by atoms with E-state index in [0.717, 1.165) is 0 Å². The lowest BCUT2D eigenvalue weighted by Crippen LogP contribution is -2.16. The van der Waals surface area contributed by atoms with Gasteiger partial charge in [-0.3, -0.25) is 4.79 Å². The highest BCUT2D eigenvalue weighted by Gasteiger charge is 2.17. The second kappa shape index (κ2) is 10.1. The number of nitrogens with one attached hydrogen (secondary N) is 1. The molecule has 0 saturated carbocycles. The molecule has 0 aliphatic heterocycles. The van der Waals surface area contributed by atoms with Crippen molar-refractivity contribution in [3.05, 3.63) is 81.8 Å². The molecule has 160 valence electrons. The van der Waals surface area contributed by atoms with Crippen LogP contribution in [0.5, 0.6) is 11.5 Å². The maximum Gasteiger partial charge on any atom is 0.337 e. The Morgan fingerprint density at radius 1 is 0.935 bits per heavy atom. The molecule has 3 rings (SSSR count). The summed E-state index contributed by atoms with van der Waals surface area (Å²) in [6, 6.07) is 15.8. The van der Waals surface area contributed by atoms with Crippen LogP contribution in [-0.4, -0.2) is 30.2 Å². The van der Waals surface area contributed by atoms with Gasteiger partial charge in [-0.05, 0) is 48.5 Å². The largest absolute Gasteiger partial charge is 0.490 e. The molecule has 31 heavy (non-hydrogen) atoms. The van der Waals surface area contributed by atoms with Gasteiger partial charge in [-0.1, -0.05) is 35.3 Å². The minimum Gasteiger partial charge on any atom is -0.490 e. The van der Waals surface area contributed by atoms with Gasteiger partial charge < -0.3 is 25.6 Å². The lowest BCUT2D eigenvalue weighted by molar-refractivity contribution is 0.0697. The first-order valence-corrected chi connectivity index (χ1v) is 9.84. The topological polar surface area (TPSA) is 111 Å². The Bertz CT molecular complexity index is 1120. The number of amides is 1. The first-order valence-electron chi connectivity index (χ1n) is 9.09. The van der Waals surface area contributed by atoms with Crippen LogP contribution in [0.2, 0.25) is 10.0 Å². The first kappa shape index (κ1) is 22.3. The van der Waals surface area contributed by atoms with Crippen LogP contribution in [0.3, 0.4) is 0 Å². The van der Waals surface area contributed by atoms with Gasteiger partial charge in [0.15, 0.2) is 0 Å². The van der Waals surface area contributed by atoms with Gasteiger partial charge in [0.25, 0.3) is 5.91 Å². The van der Waals surface area contributed by atoms with Crippen LogP contribution in [0.1, 0.15) is 20.7 Å². The quantitative estimate of drug-likeness (QED) is 0.322. The summed E-state index contributed by atoms with van der Waals surface area (Å²) in [6.45, 7) is 0.379. The monoisotopic (exact) mass is 460 g/mol. The van der Waals surface area contributed by atoms with Crippen LogP contribution < -0.4 is 20.5 Å². The molecule has 3 aromatic carbocycles. The molecule has 1 amide bonds. The van der Waals surface area contributed by atoms with E-state index < -0.39 is 11.9 Å². The number of hydrogen-bond donors (Lipinski definition) is 3. The Balaban J connectivity index is 1.66. The van der Waals surface area contributed by atoms with Crippen molar-refractivity contribution >= 4 is 46.5 Å². The zero-order valence-corrected chi connectivity index (χ0v) is 17.6. The Labute approximate surface area is 188 Å². The Hall–Kier alpha value is -3.42. The second-order valence-electron chi connectivity index (χ2n) is 6.33. The SMILES string of the molecule is Nc1ccccc1OCCOc1ccc(NC(=O)c2ccc(Cl)cc2Cl)c(C(=O)O)c1. The van der Waals surface area contributed by atoms with Gasteiger partial charge in [0.1, 0.15) is 24.7 Å². The standard InChI is InChI=1S/C22H18Cl2N2O5/c23-13-5-7-15(17(24)11-13)21(27)26-19-8-6-14(12-16(19)22(28)29)30-9-10-31-20-4-2-1-3-18(20)25/h1-8,11-12H,9-10,25H2,(H,26,27)(H,28,29). The molecule has 0 unspecified atom stereocenters. The Morgan fingerprint density at radius 3 is 2.39 bits per heavy atom. The van der Waals surface area contributed by atoms with E-state index in [1.165, 1.54) is 30.3 Å². The maximum absolute atomic E-state index is 12.5. The smallest absolute Gasteiger partial charge is 0.337 e. The number of aromatic carboxylic acids is 1. The molecule has 0 atom stereocenters. The highest BCUT2D eigenvalue weighted by molar-refractivity contribution is 6.37. The van der Waals surface area contributed by atoms with Gasteiger partial charge in [-0.25, -0.2) is 4.79 Å². The van der Waals surface area contributed by atoms with E-state index >= 15 is 0 Å². The number of halogens is 2. The van der Waals surface area contributed by atoms with Crippen molar-refractivity contribution in [2.75, 3.05) is 24.3 Å². The number of benzene rings is 3. The van der Waals surface area contributed by atoms with Crippen LogP contribution in [0.4, 0.5) is 11.4 Å². The van der Waals surface area contributed by atoms with E-state index in [1.807, 2.05) is 0 Å². The molecule has 0 saturated heterocycles. The van der Waals surface area contributed by atoms with Crippen molar-refractivity contribution in [1.82, 2.24) is 0 Å². The summed E-state index contributed by atoms with van der Waals surface area (Å²) in [7, 11) is 0. The third kappa shape index (κ3) is 5.81. The van der Waals surface area contributed by atoms with Crippen molar-refractivity contribution in [1.29, 1.82) is 0 Å². The number of carboxylic acid groups (broad SMARTS) is 1. The molecule has 0 aliphatic rings. The summed E-state index contributed by atoms with van der Waals surface area (Å²) < 4.78 is 11.1. The zero-order valence-electron chi connectivity index (χ0n) is 16.1. The lowest BCUT2D eigenvalue weighted by atomic mass is 10.1. The predicted octanol–water partition coefficient (Wildman–Crippen LogP) is 4.98. The van der Waals surface area contributed by atoms with E-state index in [2.05, 4.69) is 5.32 Å². The second-order valence-corrected chi connectivity index (χ2v) is 7.17. The summed E-state index contributed by atoms with van der Waals surface area (Å²) in [4.78, 5) is 24.2. The predicted molar refractivity (Wildman–Crippen MR) is 120 cm³/mol. The molecule has 0 radical (unpaired) electrons. The van der Waals surface area contributed by atoms with Gasteiger partial charge in [0.05, 0.1) is 27.5 Å². The van der Waals surface area contributed by atoms with Gasteiger partial charge in [-0.15, -0.1) is 0 Å². The summed E-state index contributed by atoms with van der Waals surface area (Å²) >= 11 is 11.9. The fourth-order valence-corrected chi connectivity index (χ4v) is 3.18. The number of hydrogen-bond acceptors (Lipinski definition) is 5. The van der Waals surface area contributed by atoms with Gasteiger partial charge in [0, 0.05) is 5.02 Å². The average Bonchev–Trinajstić information content (AvgIpc) is 2.73. The highest BCUT2D eigenvalue weighted by Crippen LogP contribution is 2.26. The normalized spacial score (nSPS) is 10.4. The van der Waals surface area contributed by atoms with Crippen molar-refractivity contribution in [3.63, 3.8) is 0 Å². The Morgan fingerprint density at radius 2 is 1.68 bits per heavy atom. The van der Waals surface area contributed by atoms with Crippen molar-refractivity contribution in [2.24, 2.45) is 0 Å². The van der Waals surface area contributed by atoms with E-state index in [9.17, 15) is 14.7 Å². The van der Waals surface area contributed by atoms with Crippen LogP contribution in [0.15, 0.2) is 60.7 Å². The van der Waals surface area contributed by atoms with Gasteiger partial charge >= 0.3 is 5.97 Å². The molecular weight excluding hydrogens is 443 g/mol. The molecule has 9 heteroatoms. The van der Waals surface area contributed by atoms with Crippen molar-refractivity contribution in [2.45, 2.75) is 0 Å². The number of rotatable bonds is 8. The molecule has 0 aliphatic carbocycles. The number of nitrogens with two attached hydrogens (primary N) is 1. The first-order chi connectivity index (χ1) is 14.8. The number of anilines is 2. The molecule has 0 bridgehead atoms. The fraction of sp³-hybridized carbons (Fsp3) is 0.0909. The van der Waals surface area contributed by atoms with E-state index in [-0.39, 0.29) is 35.1 Å². The van der Waals surface area contributed by atoms with Crippen LogP contribution in [0.25, 0.3) is 0 Å². The molecule has 0 fully saturated rings. The van der Waals surface area contributed by atoms with Crippen LogP contribution in [-0.2, 0) is 0 Å². The van der Waals surface area contributed by atoms with E-state index in [1.54, 1.807) is 30.3 Å². The van der Waals surface area contributed by atoms with E-state index in [4.69, 9.17) is 38.4 Å². The van der Waals surface area contributed by atoms with Gasteiger partial charge in [-0.2, -0.15) is 0 Å². The van der Waals surface area contributed by atoms with Crippen LogP contribution >= 0.6 is 23.2 Å². The number of para-hydroxylation sites is 2. The number of ether oxygens (including phenoxy) is 2. The van der Waals surface area contributed by atoms with Crippen molar-refractivity contribution < 1.29 is 24.2 Å². The lowest BCUT2D eigenvalue weighted by Gasteiger charge is -2.13. The molecule has 0 heterocycles. The minimum atomic E-state index is -1.23. The summed E-state index contributed by atoms with van der Waals surface area (Å²) in [5.74, 6) is -0.941. The number of carbonyl (C=O) groups is 2. The average molecular weight is 461 g/mol. The third-order valence-corrected chi connectivity index (χ3v) is 4.72. The number of carboxylic acids is 1. The fourth-order valence-electron chi connectivity index (χ4n) is 2.69. The van der Waals surface area contributed by atoms with Crippen LogP contribution in [0, 0.1) is 0 Å². The summed E-state index contributed by atoms with van der Waals surface area (Å²) in [5.41, 5.74) is 6.45. The minimum absolute atomic E-state index is 0.101. The Kier molecular flexibility index (Phi) is 7.23. The maximum atomic E-state index is 12.5. The molecular formula is C22H18Cl2N2O5. The molecule has 0 spiro atoms. The molecule has 7 nitrogen and oxygen atoms in total. The molecule has 4 N–H and O–H groups in total. The molecule has 3 aromatic rings. The number of carbonyl (C=O) groups excluding carboxylic acids is 1. The zero-order chi connectivity index (χ0) is 22.4. The molecule has 0 aromatic heterocycles. The third-order valence-electron chi connectivity index (χ3n) is 4.17. The van der Waals surface area contributed by atoms with Crippen molar-refractivity contribution in [3.8, 4) is 11.5 Å². The number of nitrogen functional groups attached to an aromatic ring is 1.